The van der Waals surface area contributed by atoms with Gasteiger partial charge in [-0.2, -0.15) is 0 Å². The van der Waals surface area contributed by atoms with Crippen LogP contribution in [0.5, 0.6) is 5.75 Å². The lowest BCUT2D eigenvalue weighted by Gasteiger charge is -2.14. The third-order valence-corrected chi connectivity index (χ3v) is 3.79. The fourth-order valence-corrected chi connectivity index (χ4v) is 2.40. The summed E-state index contributed by atoms with van der Waals surface area (Å²) >= 11 is 0. The predicted octanol–water partition coefficient (Wildman–Crippen LogP) is 2.83. The molecule has 0 aliphatic carbocycles. The maximum Gasteiger partial charge on any atom is 0.325 e. The van der Waals surface area contributed by atoms with Gasteiger partial charge in [-0.25, -0.2) is 0 Å². The highest BCUT2D eigenvalue weighted by Gasteiger charge is 2.19. The van der Waals surface area contributed by atoms with Crippen LogP contribution in [0.25, 0.3) is 6.08 Å². The van der Waals surface area contributed by atoms with Crippen molar-refractivity contribution in [1.82, 2.24) is 10.6 Å². The van der Waals surface area contributed by atoms with Crippen LogP contribution < -0.4 is 15.4 Å². The minimum absolute atomic E-state index is 0.0220. The number of hydrogen-bond acceptors (Lipinski definition) is 4. The molecule has 0 aromatic heterocycles. The molecule has 1 unspecified atom stereocenters. The average Bonchev–Trinajstić information content (AvgIpc) is 2.67. The molecule has 1 atom stereocenters. The molecule has 0 aliphatic heterocycles. The molecule has 2 amide bonds. The second-order valence-electron chi connectivity index (χ2n) is 6.65. The largest absolute Gasteiger partial charge is 0.491 e. The van der Waals surface area contributed by atoms with Crippen LogP contribution in [0.1, 0.15) is 36.7 Å². The van der Waals surface area contributed by atoms with Crippen molar-refractivity contribution in [2.75, 3.05) is 0 Å². The van der Waals surface area contributed by atoms with E-state index in [0.29, 0.717) is 16.9 Å². The molecule has 0 heterocycles. The van der Waals surface area contributed by atoms with Gasteiger partial charge in [0.05, 0.1) is 6.10 Å². The van der Waals surface area contributed by atoms with Crippen LogP contribution in [0, 0.1) is 0 Å². The first kappa shape index (κ1) is 21.7. The van der Waals surface area contributed by atoms with Gasteiger partial charge in [0.15, 0.2) is 0 Å². The minimum atomic E-state index is -1.18. The van der Waals surface area contributed by atoms with Crippen LogP contribution in [0.15, 0.2) is 60.3 Å². The molecule has 0 fully saturated rings. The van der Waals surface area contributed by atoms with Gasteiger partial charge in [-0.3, -0.25) is 14.4 Å². The standard InChI is InChI=1S/C22H24N2O5/c1-14(2)29-18-11-7-8-16(12-18)13-19(21(26)23-15(3)22(27)28)24-20(25)17-9-5-4-6-10-17/h4-15H,1-3H3,(H,23,26)(H,24,25)(H,27,28). The monoisotopic (exact) mass is 396 g/mol. The quantitative estimate of drug-likeness (QED) is 0.595. The second kappa shape index (κ2) is 10.1. The van der Waals surface area contributed by atoms with Crippen LogP contribution in [0.3, 0.4) is 0 Å². The molecule has 0 saturated carbocycles. The molecule has 0 aliphatic rings. The summed E-state index contributed by atoms with van der Waals surface area (Å²) in [5.41, 5.74) is 0.910. The van der Waals surface area contributed by atoms with Crippen LogP contribution in [0.4, 0.5) is 0 Å². The van der Waals surface area contributed by atoms with E-state index in [1.165, 1.54) is 13.0 Å². The zero-order chi connectivity index (χ0) is 21.4. The van der Waals surface area contributed by atoms with E-state index in [1.807, 2.05) is 13.8 Å². The Hall–Kier alpha value is -3.61. The highest BCUT2D eigenvalue weighted by molar-refractivity contribution is 6.06. The van der Waals surface area contributed by atoms with Gasteiger partial charge in [-0.05, 0) is 56.7 Å². The highest BCUT2D eigenvalue weighted by atomic mass is 16.5. The van der Waals surface area contributed by atoms with Crippen LogP contribution in [0.2, 0.25) is 0 Å². The van der Waals surface area contributed by atoms with E-state index in [0.717, 1.165) is 0 Å². The Bertz CT molecular complexity index is 906. The Kier molecular flexibility index (Phi) is 7.54. The van der Waals surface area contributed by atoms with Gasteiger partial charge in [0.2, 0.25) is 0 Å². The van der Waals surface area contributed by atoms with E-state index < -0.39 is 23.8 Å². The average molecular weight is 396 g/mol. The van der Waals surface area contributed by atoms with E-state index in [-0.39, 0.29) is 11.8 Å². The van der Waals surface area contributed by atoms with Gasteiger partial charge >= 0.3 is 5.97 Å². The second-order valence-corrected chi connectivity index (χ2v) is 6.65. The number of aliphatic carboxylic acids is 1. The van der Waals surface area contributed by atoms with Gasteiger partial charge in [0, 0.05) is 5.56 Å². The number of ether oxygens (including phenoxy) is 1. The highest BCUT2D eigenvalue weighted by Crippen LogP contribution is 2.17. The summed E-state index contributed by atoms with van der Waals surface area (Å²) in [7, 11) is 0. The first-order valence-corrected chi connectivity index (χ1v) is 9.14. The Morgan fingerprint density at radius 3 is 2.31 bits per heavy atom. The summed E-state index contributed by atoms with van der Waals surface area (Å²) in [6.45, 7) is 5.14. The predicted molar refractivity (Wildman–Crippen MR) is 109 cm³/mol. The fraction of sp³-hybridized carbons (Fsp3) is 0.227. The molecule has 2 aromatic carbocycles. The van der Waals surface area contributed by atoms with E-state index in [9.17, 15) is 14.4 Å². The van der Waals surface area contributed by atoms with E-state index in [1.54, 1.807) is 54.6 Å². The van der Waals surface area contributed by atoms with Crippen molar-refractivity contribution in [2.45, 2.75) is 32.9 Å². The lowest BCUT2D eigenvalue weighted by atomic mass is 10.1. The number of carboxylic acid groups (broad SMARTS) is 1. The minimum Gasteiger partial charge on any atom is -0.491 e. The molecule has 2 rings (SSSR count). The summed E-state index contributed by atoms with van der Waals surface area (Å²) in [5, 5.41) is 14.0. The Labute approximate surface area is 169 Å². The normalized spacial score (nSPS) is 12.2. The molecule has 7 nitrogen and oxygen atoms in total. The number of rotatable bonds is 8. The fourth-order valence-electron chi connectivity index (χ4n) is 2.40. The van der Waals surface area contributed by atoms with Crippen molar-refractivity contribution in [2.24, 2.45) is 0 Å². The smallest absolute Gasteiger partial charge is 0.325 e. The number of nitrogens with one attached hydrogen (secondary N) is 2. The third-order valence-electron chi connectivity index (χ3n) is 3.79. The first-order chi connectivity index (χ1) is 13.8. The zero-order valence-electron chi connectivity index (χ0n) is 16.5. The molecular weight excluding hydrogens is 372 g/mol. The molecule has 2 aromatic rings. The SMILES string of the molecule is CC(C)Oc1cccc(C=C(NC(=O)c2ccccc2)C(=O)NC(C)C(=O)O)c1. The van der Waals surface area contributed by atoms with E-state index in [2.05, 4.69) is 10.6 Å². The number of benzene rings is 2. The molecule has 29 heavy (non-hydrogen) atoms. The summed E-state index contributed by atoms with van der Waals surface area (Å²) in [5.74, 6) is -1.76. The molecule has 7 heteroatoms. The summed E-state index contributed by atoms with van der Waals surface area (Å²) in [6.07, 6.45) is 1.45. The van der Waals surface area contributed by atoms with E-state index in [4.69, 9.17) is 9.84 Å². The number of carbonyl (C=O) groups is 3. The van der Waals surface area contributed by atoms with Crippen molar-refractivity contribution in [3.63, 3.8) is 0 Å². The topological polar surface area (TPSA) is 105 Å². The lowest BCUT2D eigenvalue weighted by Crippen LogP contribution is -2.42. The number of amides is 2. The van der Waals surface area contributed by atoms with Crippen LogP contribution >= 0.6 is 0 Å². The van der Waals surface area contributed by atoms with Gasteiger partial charge in [0.25, 0.3) is 11.8 Å². The third kappa shape index (κ3) is 6.80. The van der Waals surface area contributed by atoms with Gasteiger partial charge in [0.1, 0.15) is 17.5 Å². The molecule has 0 bridgehead atoms. The Morgan fingerprint density at radius 2 is 1.69 bits per heavy atom. The van der Waals surface area contributed by atoms with Crippen molar-refractivity contribution >= 4 is 23.9 Å². The summed E-state index contributed by atoms with van der Waals surface area (Å²) < 4.78 is 5.65. The van der Waals surface area contributed by atoms with Crippen molar-refractivity contribution in [1.29, 1.82) is 0 Å². The molecule has 152 valence electrons. The van der Waals surface area contributed by atoms with Crippen molar-refractivity contribution in [3.05, 3.63) is 71.4 Å². The Morgan fingerprint density at radius 1 is 1.00 bits per heavy atom. The number of carbonyl (C=O) groups excluding carboxylic acids is 2. The molecule has 3 N–H and O–H groups in total. The number of hydrogen-bond donors (Lipinski definition) is 3. The summed E-state index contributed by atoms with van der Waals surface area (Å²) in [4.78, 5) is 36.2. The lowest BCUT2D eigenvalue weighted by molar-refractivity contribution is -0.140. The first-order valence-electron chi connectivity index (χ1n) is 9.14. The van der Waals surface area contributed by atoms with Gasteiger partial charge in [-0.1, -0.05) is 30.3 Å². The van der Waals surface area contributed by atoms with Gasteiger partial charge in [-0.15, -0.1) is 0 Å². The molecule has 0 radical (unpaired) electrons. The van der Waals surface area contributed by atoms with Crippen LogP contribution in [-0.4, -0.2) is 35.0 Å². The van der Waals surface area contributed by atoms with Crippen LogP contribution in [-0.2, 0) is 9.59 Å². The maximum atomic E-state index is 12.6. The maximum absolute atomic E-state index is 12.6. The Balaban J connectivity index is 2.33. The molecule has 0 saturated heterocycles. The zero-order valence-corrected chi connectivity index (χ0v) is 16.5. The molecular formula is C22H24N2O5. The summed E-state index contributed by atoms with van der Waals surface area (Å²) in [6, 6.07) is 14.3. The van der Waals surface area contributed by atoms with Crippen molar-refractivity contribution < 1.29 is 24.2 Å². The van der Waals surface area contributed by atoms with Gasteiger partial charge < -0.3 is 20.5 Å². The number of carboxylic acids is 1. The molecule has 0 spiro atoms. The van der Waals surface area contributed by atoms with E-state index >= 15 is 0 Å². The van der Waals surface area contributed by atoms with Crippen molar-refractivity contribution in [3.8, 4) is 5.75 Å².